The lowest BCUT2D eigenvalue weighted by atomic mass is 10.1. The molecule has 164 valence electrons. The molecule has 0 spiro atoms. The molecule has 0 atom stereocenters. The molecular weight excluding hydrogens is 420 g/mol. The number of nitrogens with one attached hydrogen (secondary N) is 1. The van der Waals surface area contributed by atoms with Crippen molar-refractivity contribution in [3.05, 3.63) is 98.7 Å². The van der Waals surface area contributed by atoms with E-state index in [0.717, 1.165) is 16.7 Å². The summed E-state index contributed by atoms with van der Waals surface area (Å²) in [4.78, 5) is 33.0. The average Bonchev–Trinajstić information content (AvgIpc) is 3.32. The van der Waals surface area contributed by atoms with Crippen molar-refractivity contribution in [2.24, 2.45) is 0 Å². The number of hydrogen-bond acceptors (Lipinski definition) is 6. The molecule has 0 fully saturated rings. The first-order valence-electron chi connectivity index (χ1n) is 10.3. The largest absolute Gasteiger partial charge is 0.497 e. The molecule has 2 aromatic heterocycles. The van der Waals surface area contributed by atoms with Crippen LogP contribution in [-0.2, 0) is 6.54 Å². The molecule has 1 N–H and O–H groups in total. The highest BCUT2D eigenvalue weighted by Crippen LogP contribution is 2.25. The van der Waals surface area contributed by atoms with Crippen LogP contribution >= 0.6 is 0 Å². The highest BCUT2D eigenvalue weighted by molar-refractivity contribution is 5.82. The number of aromatic nitrogens is 4. The Balaban J connectivity index is 1.50. The molecule has 0 radical (unpaired) electrons. The number of hydrogen-bond donors (Lipinski definition) is 1. The zero-order valence-electron chi connectivity index (χ0n) is 18.0. The van der Waals surface area contributed by atoms with E-state index in [2.05, 4.69) is 15.1 Å². The van der Waals surface area contributed by atoms with Gasteiger partial charge in [-0.1, -0.05) is 41.6 Å². The van der Waals surface area contributed by atoms with Gasteiger partial charge in [-0.25, -0.2) is 4.79 Å². The number of nitrogens with zero attached hydrogens (tertiary/aromatic N) is 3. The smallest absolute Gasteiger partial charge is 0.329 e. The molecule has 3 aromatic carbocycles. The van der Waals surface area contributed by atoms with Gasteiger partial charge in [0, 0.05) is 11.1 Å². The van der Waals surface area contributed by atoms with E-state index in [9.17, 15) is 9.59 Å². The predicted octanol–water partition coefficient (Wildman–Crippen LogP) is 3.77. The second-order valence-electron chi connectivity index (χ2n) is 7.67. The molecular formula is C25H20N4O4. The fourth-order valence-corrected chi connectivity index (χ4v) is 3.72. The van der Waals surface area contributed by atoms with Crippen molar-refractivity contribution in [1.82, 2.24) is 19.7 Å². The molecule has 8 heteroatoms. The standard InChI is InChI=1S/C25H20N4O4/c1-15-5-3-4-6-19(15)22-27-23(33-28-22)17-9-12-20-21(13-17)26-25(31)29(24(20)30)14-16-7-10-18(32-2)11-8-16/h3-13H,14H2,1-2H3,(H,26,31). The van der Waals surface area contributed by atoms with E-state index < -0.39 is 5.69 Å². The molecule has 5 aromatic rings. The number of aromatic amines is 1. The lowest BCUT2D eigenvalue weighted by Gasteiger charge is -2.08. The maximum atomic E-state index is 13.0. The summed E-state index contributed by atoms with van der Waals surface area (Å²) in [5.74, 6) is 1.49. The lowest BCUT2D eigenvalue weighted by Crippen LogP contribution is -2.35. The molecule has 0 aliphatic heterocycles. The van der Waals surface area contributed by atoms with E-state index in [1.165, 1.54) is 4.57 Å². The van der Waals surface area contributed by atoms with Gasteiger partial charge in [-0.2, -0.15) is 4.98 Å². The van der Waals surface area contributed by atoms with Crippen molar-refractivity contribution in [3.8, 4) is 28.6 Å². The zero-order valence-corrected chi connectivity index (χ0v) is 18.0. The van der Waals surface area contributed by atoms with Gasteiger partial charge in [0.05, 0.1) is 24.6 Å². The summed E-state index contributed by atoms with van der Waals surface area (Å²) in [5, 5.41) is 4.47. The Labute approximate surface area is 188 Å². The highest BCUT2D eigenvalue weighted by atomic mass is 16.5. The van der Waals surface area contributed by atoms with Crippen molar-refractivity contribution < 1.29 is 9.26 Å². The average molecular weight is 440 g/mol. The van der Waals surface area contributed by atoms with Gasteiger partial charge in [0.25, 0.3) is 11.4 Å². The Morgan fingerprint density at radius 2 is 1.82 bits per heavy atom. The summed E-state index contributed by atoms with van der Waals surface area (Å²) >= 11 is 0. The van der Waals surface area contributed by atoms with Gasteiger partial charge < -0.3 is 14.2 Å². The van der Waals surface area contributed by atoms with E-state index >= 15 is 0 Å². The second-order valence-corrected chi connectivity index (χ2v) is 7.67. The Morgan fingerprint density at radius 1 is 1.03 bits per heavy atom. The van der Waals surface area contributed by atoms with E-state index in [-0.39, 0.29) is 12.1 Å². The van der Waals surface area contributed by atoms with Crippen molar-refractivity contribution >= 4 is 10.9 Å². The van der Waals surface area contributed by atoms with Gasteiger partial charge >= 0.3 is 5.69 Å². The lowest BCUT2D eigenvalue weighted by molar-refractivity contribution is 0.414. The first-order chi connectivity index (χ1) is 16.0. The van der Waals surface area contributed by atoms with Crippen molar-refractivity contribution in [2.45, 2.75) is 13.5 Å². The van der Waals surface area contributed by atoms with Crippen LogP contribution in [0.3, 0.4) is 0 Å². The van der Waals surface area contributed by atoms with Gasteiger partial charge in [0.15, 0.2) is 0 Å². The van der Waals surface area contributed by atoms with E-state index in [4.69, 9.17) is 9.26 Å². The Kier molecular flexibility index (Phi) is 5.10. The van der Waals surface area contributed by atoms with Gasteiger partial charge in [-0.05, 0) is 48.4 Å². The van der Waals surface area contributed by atoms with Crippen molar-refractivity contribution in [1.29, 1.82) is 0 Å². The third kappa shape index (κ3) is 3.82. The van der Waals surface area contributed by atoms with Crippen LogP contribution in [0.15, 0.2) is 80.8 Å². The van der Waals surface area contributed by atoms with E-state index in [1.807, 2.05) is 43.3 Å². The highest BCUT2D eigenvalue weighted by Gasteiger charge is 2.15. The summed E-state index contributed by atoms with van der Waals surface area (Å²) in [6, 6.07) is 20.0. The predicted molar refractivity (Wildman–Crippen MR) is 124 cm³/mol. The normalized spacial score (nSPS) is 11.1. The Morgan fingerprint density at radius 3 is 2.58 bits per heavy atom. The molecule has 0 bridgehead atoms. The quantitative estimate of drug-likeness (QED) is 0.446. The SMILES string of the molecule is COc1ccc(Cn2c(=O)[nH]c3cc(-c4nc(-c5ccccc5C)no4)ccc3c2=O)cc1. The fraction of sp³-hybridized carbons (Fsp3) is 0.120. The summed E-state index contributed by atoms with van der Waals surface area (Å²) in [6.07, 6.45) is 0. The van der Waals surface area contributed by atoms with Crippen LogP contribution < -0.4 is 16.0 Å². The molecule has 0 saturated carbocycles. The van der Waals surface area contributed by atoms with Crippen LogP contribution in [0.25, 0.3) is 33.7 Å². The molecule has 8 nitrogen and oxygen atoms in total. The monoisotopic (exact) mass is 440 g/mol. The van der Waals surface area contributed by atoms with Crippen LogP contribution in [-0.4, -0.2) is 26.8 Å². The fourth-order valence-electron chi connectivity index (χ4n) is 3.72. The van der Waals surface area contributed by atoms with Gasteiger partial charge in [-0.15, -0.1) is 0 Å². The van der Waals surface area contributed by atoms with Crippen LogP contribution in [0.4, 0.5) is 0 Å². The van der Waals surface area contributed by atoms with Gasteiger partial charge in [0.1, 0.15) is 5.75 Å². The molecule has 0 aliphatic carbocycles. The first-order valence-corrected chi connectivity index (χ1v) is 10.3. The minimum atomic E-state index is -0.494. The third-order valence-electron chi connectivity index (χ3n) is 5.54. The van der Waals surface area contributed by atoms with Crippen LogP contribution in [0.5, 0.6) is 5.75 Å². The van der Waals surface area contributed by atoms with E-state index in [0.29, 0.717) is 33.9 Å². The number of ether oxygens (including phenoxy) is 1. The summed E-state index contributed by atoms with van der Waals surface area (Å²) in [7, 11) is 1.58. The third-order valence-corrected chi connectivity index (χ3v) is 5.54. The molecule has 5 rings (SSSR count). The Bertz CT molecular complexity index is 1580. The first kappa shape index (κ1) is 20.4. The number of benzene rings is 3. The summed E-state index contributed by atoms with van der Waals surface area (Å²) in [6.45, 7) is 2.13. The molecule has 33 heavy (non-hydrogen) atoms. The zero-order chi connectivity index (χ0) is 22.9. The van der Waals surface area contributed by atoms with Crippen molar-refractivity contribution in [3.63, 3.8) is 0 Å². The minimum Gasteiger partial charge on any atom is -0.497 e. The van der Waals surface area contributed by atoms with Gasteiger partial charge in [-0.3, -0.25) is 9.36 Å². The summed E-state index contributed by atoms with van der Waals surface area (Å²) in [5.41, 5.74) is 2.87. The van der Waals surface area contributed by atoms with Crippen LogP contribution in [0, 0.1) is 6.92 Å². The van der Waals surface area contributed by atoms with Crippen molar-refractivity contribution in [2.75, 3.05) is 7.11 Å². The molecule has 2 heterocycles. The molecule has 0 amide bonds. The molecule has 0 unspecified atom stereocenters. The van der Waals surface area contributed by atoms with Crippen LogP contribution in [0.1, 0.15) is 11.1 Å². The number of fused-ring (bicyclic) bond motifs is 1. The minimum absolute atomic E-state index is 0.152. The topological polar surface area (TPSA) is 103 Å². The molecule has 0 aliphatic rings. The maximum Gasteiger partial charge on any atom is 0.329 e. The van der Waals surface area contributed by atoms with E-state index in [1.54, 1.807) is 37.4 Å². The number of H-pyrrole nitrogens is 1. The Hall–Kier alpha value is -4.46. The number of rotatable bonds is 5. The number of methoxy groups -OCH3 is 1. The maximum absolute atomic E-state index is 13.0. The molecule has 0 saturated heterocycles. The van der Waals surface area contributed by atoms with Gasteiger partial charge in [0.2, 0.25) is 5.82 Å². The summed E-state index contributed by atoms with van der Waals surface area (Å²) < 4.78 is 11.8. The second kappa shape index (κ2) is 8.23. The number of aryl methyl sites for hydroxylation is 1. The van der Waals surface area contributed by atoms with Crippen LogP contribution in [0.2, 0.25) is 0 Å².